The third-order valence-electron chi connectivity index (χ3n) is 3.42. The topological polar surface area (TPSA) is 40.9 Å². The molecule has 0 unspecified atom stereocenters. The van der Waals surface area contributed by atoms with Gasteiger partial charge in [0.05, 0.1) is 0 Å². The standard InChI is InChI=1S/C15H15NO/c1-4-5-11-13(8-16)15(17)12-7-6-9(2)10(3)14(11)12/h6-7H,4-5H2,1-3H3. The minimum absolute atomic E-state index is 0.103. The SMILES string of the molecule is CCCC1=C(C#N)C(=O)c2ccc(C)c(C)c21. The molecule has 17 heavy (non-hydrogen) atoms. The molecule has 0 bridgehead atoms. The lowest BCUT2D eigenvalue weighted by molar-refractivity contribution is 0.104. The van der Waals surface area contributed by atoms with Crippen LogP contribution in [0.5, 0.6) is 0 Å². The largest absolute Gasteiger partial charge is 0.288 e. The van der Waals surface area contributed by atoms with Crippen molar-refractivity contribution in [1.82, 2.24) is 0 Å². The number of carbonyl (C=O) groups excluding carboxylic acids is 1. The first kappa shape index (κ1) is 11.6. The summed E-state index contributed by atoms with van der Waals surface area (Å²) in [5, 5.41) is 9.14. The first-order valence-electron chi connectivity index (χ1n) is 5.90. The molecule has 0 aromatic heterocycles. The second kappa shape index (κ2) is 4.18. The molecule has 0 aliphatic heterocycles. The number of hydrogen-bond acceptors (Lipinski definition) is 2. The van der Waals surface area contributed by atoms with E-state index in [0.29, 0.717) is 11.1 Å². The van der Waals surface area contributed by atoms with E-state index in [9.17, 15) is 4.79 Å². The van der Waals surface area contributed by atoms with Crippen LogP contribution in [0.4, 0.5) is 0 Å². The van der Waals surface area contributed by atoms with Gasteiger partial charge in [-0.05, 0) is 42.5 Å². The third kappa shape index (κ3) is 1.59. The van der Waals surface area contributed by atoms with Gasteiger partial charge < -0.3 is 0 Å². The molecule has 0 amide bonds. The van der Waals surface area contributed by atoms with Gasteiger partial charge in [-0.3, -0.25) is 4.79 Å². The molecule has 1 aliphatic rings. The Kier molecular flexibility index (Phi) is 2.85. The van der Waals surface area contributed by atoms with Gasteiger partial charge in [-0.2, -0.15) is 5.26 Å². The highest BCUT2D eigenvalue weighted by Gasteiger charge is 2.30. The molecule has 0 heterocycles. The first-order chi connectivity index (χ1) is 8.11. The smallest absolute Gasteiger partial charge is 0.204 e. The lowest BCUT2D eigenvalue weighted by atomic mass is 9.94. The molecule has 0 atom stereocenters. The molecule has 0 N–H and O–H groups in total. The Morgan fingerprint density at radius 1 is 1.29 bits per heavy atom. The average molecular weight is 225 g/mol. The maximum Gasteiger partial charge on any atom is 0.204 e. The van der Waals surface area contributed by atoms with Crippen LogP contribution in [0.2, 0.25) is 0 Å². The van der Waals surface area contributed by atoms with Gasteiger partial charge in [-0.25, -0.2) is 0 Å². The zero-order valence-corrected chi connectivity index (χ0v) is 10.4. The Hall–Kier alpha value is -1.88. The fraction of sp³-hybridized carbons (Fsp3) is 0.333. The molecule has 1 aromatic carbocycles. The van der Waals surface area contributed by atoms with Crippen molar-refractivity contribution in [1.29, 1.82) is 5.26 Å². The highest BCUT2D eigenvalue weighted by atomic mass is 16.1. The summed E-state index contributed by atoms with van der Waals surface area (Å²) in [5.41, 5.74) is 5.29. The normalized spacial score (nSPS) is 13.9. The predicted molar refractivity (Wildman–Crippen MR) is 67.7 cm³/mol. The lowest BCUT2D eigenvalue weighted by Crippen LogP contribution is -1.98. The second-order valence-corrected chi connectivity index (χ2v) is 4.47. The quantitative estimate of drug-likeness (QED) is 0.771. The molecule has 1 aliphatic carbocycles. The van der Waals surface area contributed by atoms with E-state index in [-0.39, 0.29) is 5.78 Å². The van der Waals surface area contributed by atoms with Gasteiger partial charge in [0.15, 0.2) is 0 Å². The molecule has 86 valence electrons. The van der Waals surface area contributed by atoms with Gasteiger partial charge in [0.2, 0.25) is 5.78 Å². The molecule has 2 rings (SSSR count). The number of ketones is 1. The van der Waals surface area contributed by atoms with Gasteiger partial charge in [0, 0.05) is 5.56 Å². The van der Waals surface area contributed by atoms with Crippen molar-refractivity contribution < 1.29 is 4.79 Å². The number of hydrogen-bond donors (Lipinski definition) is 0. The Labute approximate surface area is 102 Å². The van der Waals surface area contributed by atoms with Crippen LogP contribution in [0.25, 0.3) is 5.57 Å². The Balaban J connectivity index is 2.74. The van der Waals surface area contributed by atoms with Gasteiger partial charge in [-0.1, -0.05) is 25.5 Å². The molecule has 1 aromatic rings. The summed E-state index contributed by atoms with van der Waals surface area (Å²) in [6, 6.07) is 5.87. The molecule has 0 radical (unpaired) electrons. The van der Waals surface area contributed by atoms with Crippen molar-refractivity contribution >= 4 is 11.4 Å². The van der Waals surface area contributed by atoms with Crippen LogP contribution in [-0.2, 0) is 0 Å². The number of benzene rings is 1. The van der Waals surface area contributed by atoms with Crippen LogP contribution in [0.3, 0.4) is 0 Å². The second-order valence-electron chi connectivity index (χ2n) is 4.47. The van der Waals surface area contributed by atoms with Gasteiger partial charge in [0.25, 0.3) is 0 Å². The van der Waals surface area contributed by atoms with Crippen LogP contribution < -0.4 is 0 Å². The number of rotatable bonds is 2. The number of carbonyl (C=O) groups is 1. The van der Waals surface area contributed by atoms with E-state index < -0.39 is 0 Å². The molecular weight excluding hydrogens is 210 g/mol. The maximum atomic E-state index is 12.1. The van der Waals surface area contributed by atoms with E-state index in [4.69, 9.17) is 5.26 Å². The zero-order valence-electron chi connectivity index (χ0n) is 10.4. The molecule has 2 heteroatoms. The first-order valence-corrected chi connectivity index (χ1v) is 5.90. The van der Waals surface area contributed by atoms with E-state index in [1.807, 2.05) is 26.0 Å². The molecule has 2 nitrogen and oxygen atoms in total. The summed E-state index contributed by atoms with van der Waals surface area (Å²) in [6.07, 6.45) is 1.74. The van der Waals surface area contributed by atoms with Crippen LogP contribution >= 0.6 is 0 Å². The van der Waals surface area contributed by atoms with E-state index in [1.54, 1.807) is 0 Å². The van der Waals surface area contributed by atoms with Crippen molar-refractivity contribution in [2.24, 2.45) is 0 Å². The van der Waals surface area contributed by atoms with Crippen molar-refractivity contribution in [3.8, 4) is 6.07 Å². The maximum absolute atomic E-state index is 12.1. The molecule has 0 saturated carbocycles. The molecule has 0 fully saturated rings. The highest BCUT2D eigenvalue weighted by Crippen LogP contribution is 2.38. The third-order valence-corrected chi connectivity index (χ3v) is 3.42. The number of nitrogens with zero attached hydrogens (tertiary/aromatic N) is 1. The summed E-state index contributed by atoms with van der Waals surface area (Å²) in [6.45, 7) is 6.13. The van der Waals surface area contributed by atoms with Crippen molar-refractivity contribution in [2.45, 2.75) is 33.6 Å². The van der Waals surface area contributed by atoms with Gasteiger partial charge >= 0.3 is 0 Å². The highest BCUT2D eigenvalue weighted by molar-refractivity contribution is 6.23. The van der Waals surface area contributed by atoms with E-state index in [0.717, 1.165) is 29.5 Å². The van der Waals surface area contributed by atoms with Crippen molar-refractivity contribution in [3.05, 3.63) is 40.0 Å². The fourth-order valence-corrected chi connectivity index (χ4v) is 2.41. The minimum Gasteiger partial charge on any atom is -0.288 e. The summed E-state index contributed by atoms with van der Waals surface area (Å²) in [4.78, 5) is 12.1. The average Bonchev–Trinajstić information content (AvgIpc) is 2.58. The fourth-order valence-electron chi connectivity index (χ4n) is 2.41. The molecule has 0 saturated heterocycles. The van der Waals surface area contributed by atoms with E-state index >= 15 is 0 Å². The van der Waals surface area contributed by atoms with Gasteiger partial charge in [0.1, 0.15) is 11.6 Å². The predicted octanol–water partition coefficient (Wildman–Crippen LogP) is 3.58. The number of aryl methyl sites for hydroxylation is 1. The number of fused-ring (bicyclic) bond motifs is 1. The number of allylic oxidation sites excluding steroid dienone is 2. The van der Waals surface area contributed by atoms with Gasteiger partial charge in [-0.15, -0.1) is 0 Å². The summed E-state index contributed by atoms with van der Waals surface area (Å²) < 4.78 is 0. The monoisotopic (exact) mass is 225 g/mol. The van der Waals surface area contributed by atoms with Crippen molar-refractivity contribution in [2.75, 3.05) is 0 Å². The van der Waals surface area contributed by atoms with E-state index in [2.05, 4.69) is 13.0 Å². The van der Waals surface area contributed by atoms with E-state index in [1.165, 1.54) is 5.56 Å². The number of nitriles is 1. The number of Topliss-reactive ketones (excluding diaryl/α,β-unsaturated/α-hetero) is 1. The molecular formula is C15H15NO. The summed E-state index contributed by atoms with van der Waals surface area (Å²) in [7, 11) is 0. The Morgan fingerprint density at radius 2 is 2.00 bits per heavy atom. The lowest BCUT2D eigenvalue weighted by Gasteiger charge is -2.10. The summed E-state index contributed by atoms with van der Waals surface area (Å²) in [5.74, 6) is -0.103. The Bertz CT molecular complexity index is 573. The van der Waals surface area contributed by atoms with Crippen LogP contribution in [0.1, 0.15) is 46.8 Å². The van der Waals surface area contributed by atoms with Crippen LogP contribution in [0, 0.1) is 25.2 Å². The zero-order chi connectivity index (χ0) is 12.6. The van der Waals surface area contributed by atoms with Crippen LogP contribution in [0.15, 0.2) is 17.7 Å². The minimum atomic E-state index is -0.103. The Morgan fingerprint density at radius 3 is 2.59 bits per heavy atom. The molecule has 0 spiro atoms. The van der Waals surface area contributed by atoms with Crippen LogP contribution in [-0.4, -0.2) is 5.78 Å². The van der Waals surface area contributed by atoms with Crippen molar-refractivity contribution in [3.63, 3.8) is 0 Å². The summed E-state index contributed by atoms with van der Waals surface area (Å²) >= 11 is 0.